The van der Waals surface area contributed by atoms with Crippen LogP contribution in [-0.4, -0.2) is 28.9 Å². The second-order valence-corrected chi connectivity index (χ2v) is 6.74. The Balaban J connectivity index is 1.90. The van der Waals surface area contributed by atoms with Gasteiger partial charge in [0.15, 0.2) is 0 Å². The van der Waals surface area contributed by atoms with E-state index in [9.17, 15) is 19.2 Å². The molecule has 0 radical (unpaired) electrons. The van der Waals surface area contributed by atoms with Crippen LogP contribution in [0, 0.1) is 0 Å². The van der Waals surface area contributed by atoms with Crippen molar-refractivity contribution < 1.29 is 29.0 Å². The first kappa shape index (κ1) is 20.4. The minimum atomic E-state index is -1.05. The molecule has 2 aromatic carbocycles. The number of halogens is 2. The van der Waals surface area contributed by atoms with Crippen LogP contribution in [0.15, 0.2) is 42.0 Å². The molecule has 29 heavy (non-hydrogen) atoms. The quantitative estimate of drug-likeness (QED) is 0.491. The summed E-state index contributed by atoms with van der Waals surface area (Å²) < 4.78 is 5.73. The number of hydrogen-bond donors (Lipinski definition) is 3. The summed E-state index contributed by atoms with van der Waals surface area (Å²) in [6, 6.07) is 7.99. The van der Waals surface area contributed by atoms with Gasteiger partial charge in [-0.15, -0.1) is 0 Å². The molecule has 0 aromatic heterocycles. The topological polar surface area (TPSA) is 122 Å². The van der Waals surface area contributed by atoms with Crippen molar-refractivity contribution in [2.75, 3.05) is 0 Å². The highest BCUT2D eigenvalue weighted by molar-refractivity contribution is 6.36. The Bertz CT molecular complexity index is 1040. The number of hydrogen-bond acceptors (Lipinski definition) is 5. The van der Waals surface area contributed by atoms with E-state index in [4.69, 9.17) is 33.0 Å². The first-order valence-electron chi connectivity index (χ1n) is 8.07. The monoisotopic (exact) mass is 434 g/mol. The Morgan fingerprint density at radius 3 is 2.24 bits per heavy atom. The van der Waals surface area contributed by atoms with Crippen LogP contribution in [0.4, 0.5) is 4.79 Å². The van der Waals surface area contributed by atoms with E-state index in [2.05, 4.69) is 0 Å². The molecule has 0 aliphatic carbocycles. The standard InChI is InChI=1S/C19H12Cl2N2O6/c20-12-5-11(6-13-16(24)22-19(28)23-17(13)25)15(14(21)7-12)29-8-9-1-3-10(4-2-9)18(26)27/h1-7H,8H2,(H,26,27)(H2,22,23,24,25,28). The average Bonchev–Trinajstić information content (AvgIpc) is 2.64. The highest BCUT2D eigenvalue weighted by atomic mass is 35.5. The lowest BCUT2D eigenvalue weighted by molar-refractivity contribution is -0.123. The number of barbiturate groups is 1. The normalized spacial score (nSPS) is 13.6. The number of rotatable bonds is 5. The Morgan fingerprint density at radius 2 is 1.66 bits per heavy atom. The predicted octanol–water partition coefficient (Wildman–Crippen LogP) is 3.02. The van der Waals surface area contributed by atoms with Gasteiger partial charge in [-0.3, -0.25) is 20.2 Å². The van der Waals surface area contributed by atoms with E-state index < -0.39 is 23.8 Å². The van der Waals surface area contributed by atoms with Gasteiger partial charge in [-0.05, 0) is 35.9 Å². The number of nitrogens with one attached hydrogen (secondary N) is 2. The SMILES string of the molecule is O=C1NC(=O)C(=Cc2cc(Cl)cc(Cl)c2OCc2ccc(C(=O)O)cc2)C(=O)N1. The third-order valence-corrected chi connectivity index (χ3v) is 4.36. The fraction of sp³-hybridized carbons (Fsp3) is 0.0526. The molecule has 3 N–H and O–H groups in total. The number of benzene rings is 2. The molecule has 0 atom stereocenters. The molecule has 1 fully saturated rings. The number of amides is 4. The molecule has 1 aliphatic heterocycles. The Labute approximate surface area is 174 Å². The van der Waals surface area contributed by atoms with Crippen molar-refractivity contribution in [2.45, 2.75) is 6.61 Å². The van der Waals surface area contributed by atoms with E-state index in [0.717, 1.165) is 0 Å². The van der Waals surface area contributed by atoms with Crippen LogP contribution in [0.1, 0.15) is 21.5 Å². The summed E-state index contributed by atoms with van der Waals surface area (Å²) in [6.07, 6.45) is 1.21. The van der Waals surface area contributed by atoms with E-state index in [1.54, 1.807) is 12.1 Å². The lowest BCUT2D eigenvalue weighted by Gasteiger charge is -2.16. The Morgan fingerprint density at radius 1 is 1.03 bits per heavy atom. The molecule has 0 saturated carbocycles. The van der Waals surface area contributed by atoms with Gasteiger partial charge in [-0.1, -0.05) is 35.3 Å². The maximum atomic E-state index is 12.0. The lowest BCUT2D eigenvalue weighted by Crippen LogP contribution is -2.51. The third-order valence-electron chi connectivity index (χ3n) is 3.86. The fourth-order valence-corrected chi connectivity index (χ4v) is 3.06. The number of carboxylic acids is 1. The maximum Gasteiger partial charge on any atom is 0.335 e. The van der Waals surface area contributed by atoms with Crippen LogP contribution >= 0.6 is 23.2 Å². The van der Waals surface area contributed by atoms with Crippen molar-refractivity contribution in [1.29, 1.82) is 0 Å². The highest BCUT2D eigenvalue weighted by Gasteiger charge is 2.28. The molecule has 4 amide bonds. The van der Waals surface area contributed by atoms with E-state index in [1.165, 1.54) is 30.3 Å². The molecule has 0 bridgehead atoms. The van der Waals surface area contributed by atoms with Gasteiger partial charge in [-0.25, -0.2) is 9.59 Å². The molecule has 1 saturated heterocycles. The van der Waals surface area contributed by atoms with Crippen molar-refractivity contribution in [1.82, 2.24) is 10.6 Å². The van der Waals surface area contributed by atoms with Crippen LogP contribution in [0.25, 0.3) is 6.08 Å². The molecule has 0 spiro atoms. The molecular weight excluding hydrogens is 423 g/mol. The van der Waals surface area contributed by atoms with Gasteiger partial charge in [-0.2, -0.15) is 0 Å². The van der Waals surface area contributed by atoms with Crippen molar-refractivity contribution in [3.63, 3.8) is 0 Å². The fourth-order valence-electron chi connectivity index (χ4n) is 2.50. The predicted molar refractivity (Wildman–Crippen MR) is 104 cm³/mol. The summed E-state index contributed by atoms with van der Waals surface area (Å²) in [5.74, 6) is -2.63. The van der Waals surface area contributed by atoms with Crippen LogP contribution < -0.4 is 15.4 Å². The first-order valence-corrected chi connectivity index (χ1v) is 8.82. The van der Waals surface area contributed by atoms with Crippen LogP contribution in [-0.2, 0) is 16.2 Å². The second kappa shape index (κ2) is 8.34. The molecule has 1 heterocycles. The lowest BCUT2D eigenvalue weighted by atomic mass is 10.1. The van der Waals surface area contributed by atoms with Crippen LogP contribution in [0.5, 0.6) is 5.75 Å². The van der Waals surface area contributed by atoms with Crippen molar-refractivity contribution in [3.05, 3.63) is 68.7 Å². The Hall–Kier alpha value is -3.36. The van der Waals surface area contributed by atoms with Gasteiger partial charge >= 0.3 is 12.0 Å². The molecule has 3 rings (SSSR count). The number of imide groups is 2. The van der Waals surface area contributed by atoms with Crippen molar-refractivity contribution in [2.24, 2.45) is 0 Å². The molecular formula is C19H12Cl2N2O6. The molecule has 0 unspecified atom stereocenters. The molecule has 148 valence electrons. The summed E-state index contributed by atoms with van der Waals surface area (Å²) in [5, 5.41) is 13.3. The summed E-state index contributed by atoms with van der Waals surface area (Å²) in [6.45, 7) is 0.0360. The second-order valence-electron chi connectivity index (χ2n) is 5.89. The zero-order chi connectivity index (χ0) is 21.1. The zero-order valence-electron chi connectivity index (χ0n) is 14.5. The van der Waals surface area contributed by atoms with Crippen LogP contribution in [0.3, 0.4) is 0 Å². The summed E-state index contributed by atoms with van der Waals surface area (Å²) in [5.41, 5.74) is 0.726. The molecule has 10 heteroatoms. The van der Waals surface area contributed by atoms with Gasteiger partial charge in [0.2, 0.25) is 0 Å². The third kappa shape index (κ3) is 4.74. The largest absolute Gasteiger partial charge is 0.487 e. The number of ether oxygens (including phenoxy) is 1. The number of carbonyl (C=O) groups excluding carboxylic acids is 3. The summed E-state index contributed by atoms with van der Waals surface area (Å²) in [7, 11) is 0. The van der Waals surface area contributed by atoms with E-state index in [1.807, 2.05) is 10.6 Å². The number of urea groups is 1. The molecule has 1 aliphatic rings. The minimum absolute atomic E-state index is 0.0360. The first-order chi connectivity index (χ1) is 13.7. The average molecular weight is 435 g/mol. The minimum Gasteiger partial charge on any atom is -0.487 e. The zero-order valence-corrected chi connectivity index (χ0v) is 16.0. The van der Waals surface area contributed by atoms with Crippen LogP contribution in [0.2, 0.25) is 10.0 Å². The summed E-state index contributed by atoms with van der Waals surface area (Å²) >= 11 is 12.2. The number of carbonyl (C=O) groups is 4. The smallest absolute Gasteiger partial charge is 0.335 e. The van der Waals surface area contributed by atoms with Gasteiger partial charge in [0.1, 0.15) is 17.9 Å². The number of aromatic carboxylic acids is 1. The Kier molecular flexibility index (Phi) is 5.86. The van der Waals surface area contributed by atoms with Gasteiger partial charge in [0, 0.05) is 10.6 Å². The highest BCUT2D eigenvalue weighted by Crippen LogP contribution is 2.34. The number of carboxylic acid groups (broad SMARTS) is 1. The molecule has 8 nitrogen and oxygen atoms in total. The van der Waals surface area contributed by atoms with Gasteiger partial charge in [0.05, 0.1) is 10.6 Å². The summed E-state index contributed by atoms with van der Waals surface area (Å²) in [4.78, 5) is 46.0. The van der Waals surface area contributed by atoms with Crippen molar-refractivity contribution >= 4 is 53.1 Å². The molecule has 2 aromatic rings. The van der Waals surface area contributed by atoms with Crippen molar-refractivity contribution in [3.8, 4) is 5.75 Å². The van der Waals surface area contributed by atoms with E-state index in [0.29, 0.717) is 5.56 Å². The van der Waals surface area contributed by atoms with E-state index >= 15 is 0 Å². The van der Waals surface area contributed by atoms with Gasteiger partial charge < -0.3 is 9.84 Å². The maximum absolute atomic E-state index is 12.0. The van der Waals surface area contributed by atoms with Gasteiger partial charge in [0.25, 0.3) is 11.8 Å². The van der Waals surface area contributed by atoms with E-state index in [-0.39, 0.29) is 39.1 Å².